The molecule has 88 valence electrons. The molecule has 0 radical (unpaired) electrons. The number of ether oxygens (including phenoxy) is 1. The van der Waals surface area contributed by atoms with E-state index in [0.717, 1.165) is 18.4 Å². The van der Waals surface area contributed by atoms with E-state index in [9.17, 15) is 4.79 Å². The Hall–Kier alpha value is -1.55. The summed E-state index contributed by atoms with van der Waals surface area (Å²) in [5, 5.41) is 2.57. The zero-order chi connectivity index (χ0) is 11.8. The van der Waals surface area contributed by atoms with E-state index in [4.69, 9.17) is 10.5 Å². The number of unbranched alkanes of at least 4 members (excludes halogenated alkanes) is 1. The van der Waals surface area contributed by atoms with E-state index in [1.165, 1.54) is 0 Å². The lowest BCUT2D eigenvalue weighted by Gasteiger charge is -2.13. The molecule has 1 atom stereocenters. The zero-order valence-electron chi connectivity index (χ0n) is 9.48. The molecule has 1 aromatic rings. The van der Waals surface area contributed by atoms with Gasteiger partial charge in [-0.15, -0.1) is 0 Å². The van der Waals surface area contributed by atoms with Crippen LogP contribution in [0.1, 0.15) is 31.5 Å². The van der Waals surface area contributed by atoms with Crippen molar-refractivity contribution < 1.29 is 9.53 Å². The topological polar surface area (TPSA) is 64.3 Å². The predicted octanol–water partition coefficient (Wildman–Crippen LogP) is 2.17. The van der Waals surface area contributed by atoms with Gasteiger partial charge in [0.1, 0.15) is 6.17 Å². The lowest BCUT2D eigenvalue weighted by Crippen LogP contribution is -2.34. The van der Waals surface area contributed by atoms with Gasteiger partial charge in [-0.05, 0) is 12.0 Å². The first kappa shape index (κ1) is 12.5. The van der Waals surface area contributed by atoms with Crippen LogP contribution >= 0.6 is 0 Å². The van der Waals surface area contributed by atoms with Gasteiger partial charge in [0.25, 0.3) is 0 Å². The van der Waals surface area contributed by atoms with Crippen molar-refractivity contribution in [1.82, 2.24) is 5.32 Å². The van der Waals surface area contributed by atoms with Crippen molar-refractivity contribution in [2.24, 2.45) is 5.73 Å². The molecule has 1 unspecified atom stereocenters. The highest BCUT2D eigenvalue weighted by Crippen LogP contribution is 2.06. The average Bonchev–Trinajstić information content (AvgIpc) is 2.30. The second-order valence-electron chi connectivity index (χ2n) is 3.52. The summed E-state index contributed by atoms with van der Waals surface area (Å²) >= 11 is 0. The van der Waals surface area contributed by atoms with Gasteiger partial charge in [0, 0.05) is 0 Å². The molecule has 0 heterocycles. The van der Waals surface area contributed by atoms with E-state index in [1.54, 1.807) is 0 Å². The summed E-state index contributed by atoms with van der Waals surface area (Å²) in [6.07, 6.45) is 0.881. The van der Waals surface area contributed by atoms with Crippen molar-refractivity contribution in [3.63, 3.8) is 0 Å². The Kier molecular flexibility index (Phi) is 5.36. The predicted molar refractivity (Wildman–Crippen MR) is 62.8 cm³/mol. The second kappa shape index (κ2) is 6.85. The third-order valence-electron chi connectivity index (χ3n) is 2.16. The molecule has 0 fully saturated rings. The van der Waals surface area contributed by atoms with Crippen LogP contribution in [0.3, 0.4) is 0 Å². The molecule has 1 aromatic carbocycles. The molecule has 0 spiro atoms. The molecule has 4 heteroatoms. The molecular formula is C12H18N2O2. The SMILES string of the molecule is CCCCOC(=O)NC(N)c1ccccc1. The lowest BCUT2D eigenvalue weighted by molar-refractivity contribution is 0.141. The summed E-state index contributed by atoms with van der Waals surface area (Å²) in [6.45, 7) is 2.47. The van der Waals surface area contributed by atoms with Gasteiger partial charge in [-0.1, -0.05) is 43.7 Å². The fraction of sp³-hybridized carbons (Fsp3) is 0.417. The molecule has 4 nitrogen and oxygen atoms in total. The summed E-state index contributed by atoms with van der Waals surface area (Å²) in [5.74, 6) is 0. The minimum atomic E-state index is -0.518. The number of amides is 1. The first-order valence-electron chi connectivity index (χ1n) is 5.48. The van der Waals surface area contributed by atoms with Crippen molar-refractivity contribution in [3.8, 4) is 0 Å². The van der Waals surface area contributed by atoms with Crippen LogP contribution in [-0.4, -0.2) is 12.7 Å². The largest absolute Gasteiger partial charge is 0.450 e. The maximum absolute atomic E-state index is 11.3. The number of rotatable bonds is 5. The monoisotopic (exact) mass is 222 g/mol. The maximum Gasteiger partial charge on any atom is 0.408 e. The Morgan fingerprint density at radius 3 is 2.75 bits per heavy atom. The quantitative estimate of drug-likeness (QED) is 0.592. The van der Waals surface area contributed by atoms with Gasteiger partial charge in [-0.3, -0.25) is 0 Å². The fourth-order valence-corrected chi connectivity index (χ4v) is 1.22. The van der Waals surface area contributed by atoms with E-state index in [1.807, 2.05) is 37.3 Å². The standard InChI is InChI=1S/C12H18N2O2/c1-2-3-9-16-12(15)14-11(13)10-7-5-4-6-8-10/h4-8,11H,2-3,9,13H2,1H3,(H,14,15). The van der Waals surface area contributed by atoms with Crippen molar-refractivity contribution in [3.05, 3.63) is 35.9 Å². The minimum absolute atomic E-state index is 0.434. The summed E-state index contributed by atoms with van der Waals surface area (Å²) in [5.41, 5.74) is 6.64. The highest BCUT2D eigenvalue weighted by Gasteiger charge is 2.09. The van der Waals surface area contributed by atoms with E-state index in [0.29, 0.717) is 6.61 Å². The van der Waals surface area contributed by atoms with Gasteiger partial charge in [-0.25, -0.2) is 4.79 Å². The molecule has 16 heavy (non-hydrogen) atoms. The summed E-state index contributed by atoms with van der Waals surface area (Å²) < 4.78 is 4.94. The third-order valence-corrected chi connectivity index (χ3v) is 2.16. The van der Waals surface area contributed by atoms with Gasteiger partial charge < -0.3 is 15.8 Å². The number of alkyl carbamates (subject to hydrolysis) is 1. The summed E-state index contributed by atoms with van der Waals surface area (Å²) in [7, 11) is 0. The van der Waals surface area contributed by atoms with Gasteiger partial charge in [0.15, 0.2) is 0 Å². The number of benzene rings is 1. The summed E-state index contributed by atoms with van der Waals surface area (Å²) in [4.78, 5) is 11.3. The van der Waals surface area contributed by atoms with Crippen molar-refractivity contribution in [1.29, 1.82) is 0 Å². The molecule has 0 saturated heterocycles. The average molecular weight is 222 g/mol. The van der Waals surface area contributed by atoms with Crippen LogP contribution in [0.4, 0.5) is 4.79 Å². The Labute approximate surface area is 95.8 Å². The molecule has 0 bridgehead atoms. The van der Waals surface area contributed by atoms with Crippen molar-refractivity contribution >= 4 is 6.09 Å². The Bertz CT molecular complexity index is 314. The van der Waals surface area contributed by atoms with Gasteiger partial charge in [0.05, 0.1) is 6.61 Å². The lowest BCUT2D eigenvalue weighted by atomic mass is 10.2. The molecule has 0 aliphatic rings. The van der Waals surface area contributed by atoms with Crippen LogP contribution in [0.25, 0.3) is 0 Å². The van der Waals surface area contributed by atoms with Gasteiger partial charge >= 0.3 is 6.09 Å². The Morgan fingerprint density at radius 1 is 1.44 bits per heavy atom. The molecule has 0 aliphatic carbocycles. The number of carbonyl (C=O) groups excluding carboxylic acids is 1. The normalized spacial score (nSPS) is 11.9. The van der Waals surface area contributed by atoms with E-state index in [-0.39, 0.29) is 0 Å². The van der Waals surface area contributed by atoms with E-state index < -0.39 is 12.3 Å². The molecule has 0 saturated carbocycles. The van der Waals surface area contributed by atoms with Crippen LogP contribution in [0.15, 0.2) is 30.3 Å². The molecule has 0 aliphatic heterocycles. The number of nitrogens with one attached hydrogen (secondary N) is 1. The number of carbonyl (C=O) groups is 1. The van der Waals surface area contributed by atoms with Gasteiger partial charge in [0.2, 0.25) is 0 Å². The van der Waals surface area contributed by atoms with Crippen LogP contribution in [0.2, 0.25) is 0 Å². The summed E-state index contributed by atoms with van der Waals surface area (Å²) in [6, 6.07) is 9.36. The maximum atomic E-state index is 11.3. The van der Waals surface area contributed by atoms with Crippen LogP contribution in [0, 0.1) is 0 Å². The number of hydrogen-bond acceptors (Lipinski definition) is 3. The van der Waals surface area contributed by atoms with E-state index >= 15 is 0 Å². The highest BCUT2D eigenvalue weighted by molar-refractivity contribution is 5.67. The van der Waals surface area contributed by atoms with Crippen LogP contribution in [-0.2, 0) is 4.74 Å². The molecule has 3 N–H and O–H groups in total. The number of hydrogen-bond donors (Lipinski definition) is 2. The zero-order valence-corrected chi connectivity index (χ0v) is 9.48. The van der Waals surface area contributed by atoms with Crippen LogP contribution < -0.4 is 11.1 Å². The van der Waals surface area contributed by atoms with Crippen molar-refractivity contribution in [2.45, 2.75) is 25.9 Å². The third kappa shape index (κ3) is 4.31. The fourth-order valence-electron chi connectivity index (χ4n) is 1.22. The molecular weight excluding hydrogens is 204 g/mol. The molecule has 1 amide bonds. The first-order chi connectivity index (χ1) is 7.74. The van der Waals surface area contributed by atoms with E-state index in [2.05, 4.69) is 5.32 Å². The first-order valence-corrected chi connectivity index (χ1v) is 5.48. The smallest absolute Gasteiger partial charge is 0.408 e. The minimum Gasteiger partial charge on any atom is -0.450 e. The Morgan fingerprint density at radius 2 is 2.12 bits per heavy atom. The Balaban J connectivity index is 2.34. The number of nitrogens with two attached hydrogens (primary N) is 1. The van der Waals surface area contributed by atoms with Gasteiger partial charge in [-0.2, -0.15) is 0 Å². The molecule has 1 rings (SSSR count). The van der Waals surface area contributed by atoms with Crippen LogP contribution in [0.5, 0.6) is 0 Å². The second-order valence-corrected chi connectivity index (χ2v) is 3.52. The van der Waals surface area contributed by atoms with Crippen molar-refractivity contribution in [2.75, 3.05) is 6.61 Å². The highest BCUT2D eigenvalue weighted by atomic mass is 16.5. The molecule has 0 aromatic heterocycles.